The molecule has 0 aliphatic heterocycles. The summed E-state index contributed by atoms with van der Waals surface area (Å²) in [5.74, 6) is 1.61. The van der Waals surface area contributed by atoms with Gasteiger partial charge in [0.05, 0.1) is 7.11 Å². The van der Waals surface area contributed by atoms with Gasteiger partial charge in [-0.3, -0.25) is 0 Å². The molecule has 4 nitrogen and oxygen atoms in total. The largest absolute Gasteiger partial charge is 0.493 e. The lowest BCUT2D eigenvalue weighted by Crippen LogP contribution is -2.23. The number of nitrogens with one attached hydrogen (secondary N) is 1. The average Bonchev–Trinajstić information content (AvgIpc) is 2.27. The molecule has 0 saturated carbocycles. The predicted octanol–water partition coefficient (Wildman–Crippen LogP) is 1.84. The van der Waals surface area contributed by atoms with Crippen molar-refractivity contribution in [3.05, 3.63) is 18.3 Å². The molecule has 1 atom stereocenters. The van der Waals surface area contributed by atoms with E-state index in [1.807, 2.05) is 12.1 Å². The highest BCUT2D eigenvalue weighted by Crippen LogP contribution is 2.21. The molecule has 0 aliphatic rings. The van der Waals surface area contributed by atoms with Crippen LogP contribution in [0.5, 0.6) is 5.75 Å². The maximum atomic E-state index is 5.24. The third kappa shape index (κ3) is 4.06. The third-order valence-corrected chi connectivity index (χ3v) is 2.38. The first-order chi connectivity index (χ1) is 7.63. The minimum atomic E-state index is 0.381. The summed E-state index contributed by atoms with van der Waals surface area (Å²) in [6.45, 7) is 3.21. The molecular weight excluding hydrogens is 202 g/mol. The van der Waals surface area contributed by atoms with Gasteiger partial charge in [0.25, 0.3) is 0 Å². The van der Waals surface area contributed by atoms with Gasteiger partial charge in [0.2, 0.25) is 0 Å². The Morgan fingerprint density at radius 1 is 1.50 bits per heavy atom. The number of ether oxygens (including phenoxy) is 1. The number of aromatic nitrogens is 1. The van der Waals surface area contributed by atoms with E-state index in [2.05, 4.69) is 36.2 Å². The van der Waals surface area contributed by atoms with Crippen molar-refractivity contribution in [2.24, 2.45) is 0 Å². The summed E-state index contributed by atoms with van der Waals surface area (Å²) >= 11 is 0. The van der Waals surface area contributed by atoms with Crippen LogP contribution in [0.25, 0.3) is 0 Å². The van der Waals surface area contributed by atoms with Crippen molar-refractivity contribution in [3.63, 3.8) is 0 Å². The Bertz CT molecular complexity index is 315. The van der Waals surface area contributed by atoms with E-state index in [4.69, 9.17) is 4.74 Å². The van der Waals surface area contributed by atoms with E-state index in [0.717, 1.165) is 24.5 Å². The second-order valence-electron chi connectivity index (χ2n) is 4.19. The molecule has 0 radical (unpaired) electrons. The van der Waals surface area contributed by atoms with E-state index in [1.165, 1.54) is 0 Å². The maximum Gasteiger partial charge on any atom is 0.168 e. The zero-order chi connectivity index (χ0) is 12.0. The van der Waals surface area contributed by atoms with Gasteiger partial charge in [-0.15, -0.1) is 0 Å². The minimum absolute atomic E-state index is 0.381. The molecule has 1 rings (SSSR count). The Labute approximate surface area is 97.6 Å². The van der Waals surface area contributed by atoms with Crippen molar-refractivity contribution in [1.82, 2.24) is 9.88 Å². The van der Waals surface area contributed by atoms with E-state index < -0.39 is 0 Å². The van der Waals surface area contributed by atoms with Crippen molar-refractivity contribution in [2.75, 3.05) is 33.1 Å². The number of anilines is 1. The minimum Gasteiger partial charge on any atom is -0.493 e. The number of pyridine rings is 1. The smallest absolute Gasteiger partial charge is 0.168 e. The molecule has 90 valence electrons. The molecular formula is C12H21N3O. The fraction of sp³-hybridized carbons (Fsp3) is 0.583. The van der Waals surface area contributed by atoms with Crippen molar-refractivity contribution in [1.29, 1.82) is 0 Å². The molecule has 1 N–H and O–H groups in total. The molecule has 16 heavy (non-hydrogen) atoms. The van der Waals surface area contributed by atoms with Crippen molar-refractivity contribution < 1.29 is 4.74 Å². The molecule has 1 aromatic heterocycles. The molecule has 4 heteroatoms. The molecule has 1 aromatic rings. The Kier molecular flexibility index (Phi) is 5.05. The number of rotatable bonds is 6. The Hall–Kier alpha value is -1.29. The van der Waals surface area contributed by atoms with Crippen LogP contribution in [0, 0.1) is 0 Å². The second-order valence-corrected chi connectivity index (χ2v) is 4.19. The molecule has 0 aromatic carbocycles. The van der Waals surface area contributed by atoms with Gasteiger partial charge in [0, 0.05) is 12.2 Å². The van der Waals surface area contributed by atoms with Gasteiger partial charge in [-0.2, -0.15) is 0 Å². The molecule has 0 spiro atoms. The van der Waals surface area contributed by atoms with E-state index >= 15 is 0 Å². The Morgan fingerprint density at radius 3 is 2.88 bits per heavy atom. The summed E-state index contributed by atoms with van der Waals surface area (Å²) in [5, 5.41) is 3.35. The third-order valence-electron chi connectivity index (χ3n) is 2.38. The van der Waals surface area contributed by atoms with Gasteiger partial charge in [0.1, 0.15) is 0 Å². The highest BCUT2D eigenvalue weighted by Gasteiger charge is 2.07. The van der Waals surface area contributed by atoms with Gasteiger partial charge < -0.3 is 15.0 Å². The molecule has 0 aliphatic carbocycles. The molecule has 0 fully saturated rings. The summed E-state index contributed by atoms with van der Waals surface area (Å²) in [6.07, 6.45) is 2.84. The number of methoxy groups -OCH3 is 1. The zero-order valence-electron chi connectivity index (χ0n) is 10.5. The lowest BCUT2D eigenvalue weighted by atomic mass is 10.2. The predicted molar refractivity (Wildman–Crippen MR) is 67.0 cm³/mol. The second kappa shape index (κ2) is 6.33. The van der Waals surface area contributed by atoms with Gasteiger partial charge in [0.15, 0.2) is 11.6 Å². The van der Waals surface area contributed by atoms with Crippen LogP contribution in [0.1, 0.15) is 13.3 Å². The number of nitrogens with zero attached hydrogens (tertiary/aromatic N) is 2. The first-order valence-electron chi connectivity index (χ1n) is 5.53. The lowest BCUT2D eigenvalue weighted by molar-refractivity contribution is 0.388. The van der Waals surface area contributed by atoms with Crippen LogP contribution in [-0.4, -0.2) is 43.7 Å². The quantitative estimate of drug-likeness (QED) is 0.798. The summed E-state index contributed by atoms with van der Waals surface area (Å²) in [4.78, 5) is 6.44. The SMILES string of the molecule is COc1cccnc1NC(C)CCN(C)C. The fourth-order valence-corrected chi connectivity index (χ4v) is 1.42. The van der Waals surface area contributed by atoms with Crippen LogP contribution in [0.15, 0.2) is 18.3 Å². The van der Waals surface area contributed by atoms with Crippen molar-refractivity contribution in [3.8, 4) is 5.75 Å². The fourth-order valence-electron chi connectivity index (χ4n) is 1.42. The maximum absolute atomic E-state index is 5.24. The summed E-state index contributed by atoms with van der Waals surface area (Å²) < 4.78 is 5.24. The van der Waals surface area contributed by atoms with Gasteiger partial charge in [-0.25, -0.2) is 4.98 Å². The molecule has 1 heterocycles. The van der Waals surface area contributed by atoms with E-state index in [1.54, 1.807) is 13.3 Å². The van der Waals surface area contributed by atoms with Crippen LogP contribution < -0.4 is 10.1 Å². The molecule has 1 unspecified atom stereocenters. The van der Waals surface area contributed by atoms with Crippen molar-refractivity contribution >= 4 is 5.82 Å². The van der Waals surface area contributed by atoms with E-state index in [-0.39, 0.29) is 0 Å². The Balaban J connectivity index is 2.51. The van der Waals surface area contributed by atoms with E-state index in [0.29, 0.717) is 6.04 Å². The van der Waals surface area contributed by atoms with Gasteiger partial charge in [-0.05, 0) is 46.1 Å². The molecule has 0 bridgehead atoms. The molecule has 0 amide bonds. The average molecular weight is 223 g/mol. The topological polar surface area (TPSA) is 37.4 Å². The van der Waals surface area contributed by atoms with Crippen LogP contribution in [0.2, 0.25) is 0 Å². The molecule has 0 saturated heterocycles. The first-order valence-corrected chi connectivity index (χ1v) is 5.53. The lowest BCUT2D eigenvalue weighted by Gasteiger charge is -2.18. The van der Waals surface area contributed by atoms with Gasteiger partial charge in [-0.1, -0.05) is 0 Å². The first kappa shape index (κ1) is 12.8. The summed E-state index contributed by atoms with van der Waals surface area (Å²) in [7, 11) is 5.81. The van der Waals surface area contributed by atoms with Crippen LogP contribution >= 0.6 is 0 Å². The van der Waals surface area contributed by atoms with Gasteiger partial charge >= 0.3 is 0 Å². The normalized spacial score (nSPS) is 12.6. The standard InChI is InChI=1S/C12H21N3O/c1-10(7-9-15(2)3)14-12-11(16-4)6-5-8-13-12/h5-6,8,10H,7,9H2,1-4H3,(H,13,14). The van der Waals surface area contributed by atoms with Crippen LogP contribution in [0.3, 0.4) is 0 Å². The van der Waals surface area contributed by atoms with Crippen LogP contribution in [0.4, 0.5) is 5.82 Å². The number of hydrogen-bond donors (Lipinski definition) is 1. The highest BCUT2D eigenvalue weighted by molar-refractivity contribution is 5.49. The number of hydrogen-bond acceptors (Lipinski definition) is 4. The summed E-state index contributed by atoms with van der Waals surface area (Å²) in [5.41, 5.74) is 0. The van der Waals surface area contributed by atoms with Crippen LogP contribution in [-0.2, 0) is 0 Å². The zero-order valence-corrected chi connectivity index (χ0v) is 10.5. The highest BCUT2D eigenvalue weighted by atomic mass is 16.5. The summed E-state index contributed by atoms with van der Waals surface area (Å²) in [6, 6.07) is 4.16. The Morgan fingerprint density at radius 2 is 2.25 bits per heavy atom. The van der Waals surface area contributed by atoms with Crippen molar-refractivity contribution in [2.45, 2.75) is 19.4 Å². The monoisotopic (exact) mass is 223 g/mol. The van der Waals surface area contributed by atoms with E-state index in [9.17, 15) is 0 Å².